The first-order chi connectivity index (χ1) is 11.9. The van der Waals surface area contributed by atoms with Crippen LogP contribution in [0.15, 0.2) is 53.4 Å². The highest BCUT2D eigenvalue weighted by Crippen LogP contribution is 2.63. The Balaban J connectivity index is 2.02. The zero-order valence-corrected chi connectivity index (χ0v) is 15.3. The lowest BCUT2D eigenvalue weighted by Gasteiger charge is -2.11. The molecule has 4 nitrogen and oxygen atoms in total. The molecular formula is C20H24O4S. The molecule has 1 aliphatic rings. The molecule has 5 heteroatoms. The van der Waals surface area contributed by atoms with Crippen molar-refractivity contribution in [3.63, 3.8) is 0 Å². The Kier molecular flexibility index (Phi) is 4.75. The minimum Gasteiger partial charge on any atom is -0.396 e. The Morgan fingerprint density at radius 1 is 0.960 bits per heavy atom. The molecule has 3 rings (SSSR count). The normalized spacial score (nSPS) is 21.9. The number of hydrogen-bond acceptors (Lipinski definition) is 4. The summed E-state index contributed by atoms with van der Waals surface area (Å²) in [5.74, 6) is -0.403. The van der Waals surface area contributed by atoms with Crippen molar-refractivity contribution in [1.29, 1.82) is 0 Å². The van der Waals surface area contributed by atoms with E-state index in [1.165, 1.54) is 5.56 Å². The first kappa shape index (κ1) is 18.1. The fraction of sp³-hybridized carbons (Fsp3) is 0.400. The van der Waals surface area contributed by atoms with Gasteiger partial charge in [0.05, 0.1) is 23.4 Å². The average molecular weight is 360 g/mol. The molecule has 0 aliphatic heterocycles. The predicted octanol–water partition coefficient (Wildman–Crippen LogP) is 2.47. The first-order valence-electron chi connectivity index (χ1n) is 8.52. The van der Waals surface area contributed by atoms with Crippen LogP contribution in [0.1, 0.15) is 29.5 Å². The second-order valence-electron chi connectivity index (χ2n) is 6.90. The van der Waals surface area contributed by atoms with Crippen molar-refractivity contribution in [2.45, 2.75) is 36.3 Å². The topological polar surface area (TPSA) is 74.6 Å². The van der Waals surface area contributed by atoms with Crippen LogP contribution in [0, 0.1) is 12.3 Å². The Morgan fingerprint density at radius 3 is 2.00 bits per heavy atom. The number of sulfone groups is 1. The molecule has 0 heterocycles. The summed E-state index contributed by atoms with van der Waals surface area (Å²) in [5, 5.41) is 19.0. The summed E-state index contributed by atoms with van der Waals surface area (Å²) in [6, 6.07) is 14.5. The quantitative estimate of drug-likeness (QED) is 0.830. The summed E-state index contributed by atoms with van der Waals surface area (Å²) < 4.78 is 26.2. The van der Waals surface area contributed by atoms with Gasteiger partial charge in [-0.05, 0) is 36.6 Å². The van der Waals surface area contributed by atoms with Crippen molar-refractivity contribution in [2.75, 3.05) is 13.2 Å². The van der Waals surface area contributed by atoms with E-state index in [0.29, 0.717) is 0 Å². The minimum absolute atomic E-state index is 0.238. The molecule has 0 saturated heterocycles. The van der Waals surface area contributed by atoms with E-state index in [2.05, 4.69) is 6.92 Å². The van der Waals surface area contributed by atoms with E-state index < -0.39 is 26.4 Å². The summed E-state index contributed by atoms with van der Waals surface area (Å²) in [6.45, 7) is 3.23. The van der Waals surface area contributed by atoms with Gasteiger partial charge in [0.2, 0.25) is 0 Å². The molecular weight excluding hydrogens is 336 g/mol. The standard InChI is InChI=1S/C20H24O4S/c1-3-15-6-8-16(9-7-15)18-19(20(18,12-21)13-22)25(23,24)17-10-4-14(2)5-11-17/h4-11,18-19,21-22H,3,12-13H2,1-2H3/t18-,19+/m1/s1. The van der Waals surface area contributed by atoms with Gasteiger partial charge >= 0.3 is 0 Å². The highest BCUT2D eigenvalue weighted by atomic mass is 32.2. The summed E-state index contributed by atoms with van der Waals surface area (Å²) in [6.07, 6.45) is 0.904. The molecule has 2 N–H and O–H groups in total. The second-order valence-corrected chi connectivity index (χ2v) is 8.97. The maximum Gasteiger partial charge on any atom is 0.182 e. The van der Waals surface area contributed by atoms with Gasteiger partial charge in [-0.1, -0.05) is 48.9 Å². The van der Waals surface area contributed by atoms with E-state index >= 15 is 0 Å². The lowest BCUT2D eigenvalue weighted by molar-refractivity contribution is 0.130. The Morgan fingerprint density at radius 2 is 1.52 bits per heavy atom. The summed E-state index contributed by atoms with van der Waals surface area (Å²) in [4.78, 5) is 0.238. The minimum atomic E-state index is -3.65. The highest BCUT2D eigenvalue weighted by molar-refractivity contribution is 7.92. The van der Waals surface area contributed by atoms with Crippen molar-refractivity contribution in [2.24, 2.45) is 5.41 Å². The fourth-order valence-corrected chi connectivity index (χ4v) is 6.14. The van der Waals surface area contributed by atoms with Gasteiger partial charge in [0.15, 0.2) is 9.84 Å². The molecule has 1 aliphatic carbocycles. The molecule has 1 saturated carbocycles. The van der Waals surface area contributed by atoms with E-state index in [9.17, 15) is 18.6 Å². The van der Waals surface area contributed by atoms with E-state index in [-0.39, 0.29) is 18.1 Å². The molecule has 25 heavy (non-hydrogen) atoms. The van der Waals surface area contributed by atoms with Gasteiger partial charge in [0.1, 0.15) is 0 Å². The molecule has 2 aromatic rings. The molecule has 0 unspecified atom stereocenters. The van der Waals surface area contributed by atoms with E-state index in [4.69, 9.17) is 0 Å². The van der Waals surface area contributed by atoms with E-state index in [0.717, 1.165) is 17.5 Å². The van der Waals surface area contributed by atoms with Gasteiger partial charge in [0.25, 0.3) is 0 Å². The van der Waals surface area contributed by atoms with Crippen LogP contribution < -0.4 is 0 Å². The molecule has 0 amide bonds. The van der Waals surface area contributed by atoms with Gasteiger partial charge in [-0.2, -0.15) is 0 Å². The number of aliphatic hydroxyl groups is 2. The number of aliphatic hydroxyl groups excluding tert-OH is 2. The summed E-state index contributed by atoms with van der Waals surface area (Å²) in [5.41, 5.74) is 1.97. The van der Waals surface area contributed by atoms with E-state index in [1.54, 1.807) is 24.3 Å². The SMILES string of the molecule is CCc1ccc([C@@H]2[C@H](S(=O)(=O)c3ccc(C)cc3)C2(CO)CO)cc1. The van der Waals surface area contributed by atoms with Gasteiger partial charge in [0, 0.05) is 11.3 Å². The average Bonchev–Trinajstić information content (AvgIpc) is 3.33. The number of aryl methyl sites for hydroxylation is 2. The van der Waals surface area contributed by atoms with Crippen LogP contribution in [0.5, 0.6) is 0 Å². The van der Waals surface area contributed by atoms with Crippen molar-refractivity contribution in [1.82, 2.24) is 0 Å². The zero-order valence-electron chi connectivity index (χ0n) is 14.5. The van der Waals surface area contributed by atoms with Crippen LogP contribution in [0.3, 0.4) is 0 Å². The van der Waals surface area contributed by atoms with Gasteiger partial charge in [-0.15, -0.1) is 0 Å². The lowest BCUT2D eigenvalue weighted by atomic mass is 9.99. The molecule has 2 aromatic carbocycles. The van der Waals surface area contributed by atoms with Crippen LogP contribution in [-0.4, -0.2) is 37.1 Å². The second kappa shape index (κ2) is 6.56. The van der Waals surface area contributed by atoms with Crippen molar-refractivity contribution in [3.05, 3.63) is 65.2 Å². The maximum absolute atomic E-state index is 13.1. The molecule has 0 bridgehead atoms. The van der Waals surface area contributed by atoms with E-state index in [1.807, 2.05) is 31.2 Å². The van der Waals surface area contributed by atoms with Gasteiger partial charge in [-0.25, -0.2) is 8.42 Å². The largest absolute Gasteiger partial charge is 0.396 e. The molecule has 0 aromatic heterocycles. The third kappa shape index (κ3) is 2.90. The monoisotopic (exact) mass is 360 g/mol. The highest BCUT2D eigenvalue weighted by Gasteiger charge is 2.70. The van der Waals surface area contributed by atoms with Gasteiger partial charge in [-0.3, -0.25) is 0 Å². The van der Waals surface area contributed by atoms with Crippen LogP contribution >= 0.6 is 0 Å². The zero-order chi connectivity index (χ0) is 18.2. The van der Waals surface area contributed by atoms with Crippen LogP contribution in [0.4, 0.5) is 0 Å². The predicted molar refractivity (Wildman–Crippen MR) is 97.3 cm³/mol. The summed E-state index contributed by atoms with van der Waals surface area (Å²) >= 11 is 0. The third-order valence-corrected chi connectivity index (χ3v) is 7.74. The number of rotatable bonds is 6. The van der Waals surface area contributed by atoms with Gasteiger partial charge < -0.3 is 10.2 Å². The van der Waals surface area contributed by atoms with Crippen molar-refractivity contribution in [3.8, 4) is 0 Å². The summed E-state index contributed by atoms with van der Waals surface area (Å²) in [7, 11) is -3.65. The molecule has 2 atom stereocenters. The van der Waals surface area contributed by atoms with Crippen LogP contribution in [-0.2, 0) is 16.3 Å². The fourth-order valence-electron chi connectivity index (χ4n) is 3.71. The van der Waals surface area contributed by atoms with Crippen LogP contribution in [0.2, 0.25) is 0 Å². The third-order valence-electron chi connectivity index (χ3n) is 5.40. The molecule has 0 radical (unpaired) electrons. The smallest absolute Gasteiger partial charge is 0.182 e. The Hall–Kier alpha value is -1.69. The number of hydrogen-bond donors (Lipinski definition) is 2. The molecule has 0 spiro atoms. The number of benzene rings is 2. The Bertz CT molecular complexity index is 834. The van der Waals surface area contributed by atoms with Crippen molar-refractivity contribution < 1.29 is 18.6 Å². The first-order valence-corrected chi connectivity index (χ1v) is 10.1. The lowest BCUT2D eigenvalue weighted by Crippen LogP contribution is -2.23. The Labute approximate surface area is 149 Å². The molecule has 1 fully saturated rings. The van der Waals surface area contributed by atoms with Crippen molar-refractivity contribution >= 4 is 9.84 Å². The maximum atomic E-state index is 13.1. The molecule has 134 valence electrons. The van der Waals surface area contributed by atoms with Crippen LogP contribution in [0.25, 0.3) is 0 Å².